The minimum Gasteiger partial charge on any atom is -0.489 e. The third kappa shape index (κ3) is 4.48. The van der Waals surface area contributed by atoms with E-state index in [0.29, 0.717) is 17.4 Å². The van der Waals surface area contributed by atoms with Gasteiger partial charge in [0.1, 0.15) is 0 Å². The number of aromatic nitrogens is 1. The molecule has 0 bridgehead atoms. The highest BCUT2D eigenvalue weighted by atomic mass is 35.5. The fourth-order valence-corrected chi connectivity index (χ4v) is 3.00. The van der Waals surface area contributed by atoms with Gasteiger partial charge in [-0.05, 0) is 18.6 Å². The first-order valence-corrected chi connectivity index (χ1v) is 9.23. The molecule has 1 N–H and O–H groups in total. The standard InChI is InChI=1S/C18H22Cl2N2O5/c1-4-5-7-27-15-11-9-13(19)14(20)10-12(11)17(23)22(6-8-26-3)16(15)21(2)18(24)25/h9-10H,4-8H2,1-3H3,(H,24,25). The fraction of sp³-hybridized carbons (Fsp3) is 0.444. The van der Waals surface area contributed by atoms with E-state index in [9.17, 15) is 14.7 Å². The first-order valence-electron chi connectivity index (χ1n) is 8.47. The molecule has 0 aliphatic heterocycles. The molecule has 2 aromatic rings. The topological polar surface area (TPSA) is 81.0 Å². The van der Waals surface area contributed by atoms with E-state index < -0.39 is 11.7 Å². The van der Waals surface area contributed by atoms with Gasteiger partial charge in [0.2, 0.25) is 0 Å². The Bertz CT molecular complexity index is 898. The molecule has 148 valence electrons. The van der Waals surface area contributed by atoms with Crippen LogP contribution in [0.4, 0.5) is 10.6 Å². The van der Waals surface area contributed by atoms with Crippen LogP contribution in [0.3, 0.4) is 0 Å². The lowest BCUT2D eigenvalue weighted by molar-refractivity contribution is 0.185. The fourth-order valence-electron chi connectivity index (χ4n) is 2.67. The van der Waals surface area contributed by atoms with Crippen LogP contribution in [0, 0.1) is 0 Å². The molecule has 1 amide bonds. The Labute approximate surface area is 167 Å². The molecule has 0 aliphatic carbocycles. The second kappa shape index (κ2) is 9.30. The molecule has 0 spiro atoms. The number of nitrogens with zero attached hydrogens (tertiary/aromatic N) is 2. The van der Waals surface area contributed by atoms with Gasteiger partial charge in [0.15, 0.2) is 11.6 Å². The van der Waals surface area contributed by atoms with E-state index in [2.05, 4.69) is 0 Å². The number of pyridine rings is 1. The molecule has 1 aromatic carbocycles. The first kappa shape index (κ1) is 21.3. The Hall–Kier alpha value is -1.96. The van der Waals surface area contributed by atoms with Gasteiger partial charge in [-0.15, -0.1) is 0 Å². The van der Waals surface area contributed by atoms with Crippen LogP contribution in [-0.2, 0) is 11.3 Å². The number of anilines is 1. The van der Waals surface area contributed by atoms with Gasteiger partial charge in [-0.25, -0.2) is 4.79 Å². The largest absolute Gasteiger partial charge is 0.489 e. The molecule has 0 saturated heterocycles. The monoisotopic (exact) mass is 416 g/mol. The third-order valence-corrected chi connectivity index (χ3v) is 4.83. The Morgan fingerprint density at radius 3 is 2.41 bits per heavy atom. The van der Waals surface area contributed by atoms with Crippen LogP contribution in [0.2, 0.25) is 10.0 Å². The van der Waals surface area contributed by atoms with Crippen molar-refractivity contribution in [3.8, 4) is 5.75 Å². The van der Waals surface area contributed by atoms with Crippen molar-refractivity contribution in [1.29, 1.82) is 0 Å². The smallest absolute Gasteiger partial charge is 0.412 e. The Morgan fingerprint density at radius 2 is 1.85 bits per heavy atom. The number of unbranched alkanes of at least 4 members (excludes halogenated alkanes) is 1. The normalized spacial score (nSPS) is 11.0. The molecule has 1 heterocycles. The molecule has 0 saturated carbocycles. The number of methoxy groups -OCH3 is 1. The van der Waals surface area contributed by atoms with E-state index >= 15 is 0 Å². The van der Waals surface area contributed by atoms with Crippen molar-refractivity contribution in [2.24, 2.45) is 0 Å². The molecular weight excluding hydrogens is 395 g/mol. The number of hydrogen-bond donors (Lipinski definition) is 1. The first-order chi connectivity index (χ1) is 12.8. The molecule has 0 radical (unpaired) electrons. The number of fused-ring (bicyclic) bond motifs is 1. The lowest BCUT2D eigenvalue weighted by atomic mass is 10.1. The zero-order chi connectivity index (χ0) is 20.1. The van der Waals surface area contributed by atoms with Crippen molar-refractivity contribution in [1.82, 2.24) is 4.57 Å². The van der Waals surface area contributed by atoms with Crippen molar-refractivity contribution in [2.45, 2.75) is 26.3 Å². The van der Waals surface area contributed by atoms with Gasteiger partial charge in [0.05, 0.1) is 35.2 Å². The van der Waals surface area contributed by atoms with Crippen molar-refractivity contribution in [3.05, 3.63) is 32.5 Å². The summed E-state index contributed by atoms with van der Waals surface area (Å²) in [6.45, 7) is 2.76. The van der Waals surface area contributed by atoms with E-state index in [1.54, 1.807) is 0 Å². The van der Waals surface area contributed by atoms with Crippen LogP contribution in [-0.4, -0.2) is 43.1 Å². The predicted octanol–water partition coefficient (Wildman–Crippen LogP) is 4.25. The minimum absolute atomic E-state index is 0.131. The van der Waals surface area contributed by atoms with E-state index in [-0.39, 0.29) is 34.8 Å². The molecule has 1 aromatic heterocycles. The summed E-state index contributed by atoms with van der Waals surface area (Å²) >= 11 is 12.2. The number of hydrogen-bond acceptors (Lipinski definition) is 4. The van der Waals surface area contributed by atoms with Crippen LogP contribution in [0.1, 0.15) is 19.8 Å². The van der Waals surface area contributed by atoms with E-state index in [1.807, 2.05) is 6.92 Å². The SMILES string of the molecule is CCCCOc1c(N(C)C(=O)O)n(CCOC)c(=O)c2cc(Cl)c(Cl)cc12. The Kier molecular flexibility index (Phi) is 7.35. The van der Waals surface area contributed by atoms with Gasteiger partial charge in [-0.3, -0.25) is 14.3 Å². The van der Waals surface area contributed by atoms with Crippen LogP contribution in [0.15, 0.2) is 16.9 Å². The van der Waals surface area contributed by atoms with Crippen LogP contribution >= 0.6 is 23.2 Å². The summed E-state index contributed by atoms with van der Waals surface area (Å²) in [6, 6.07) is 3.00. The van der Waals surface area contributed by atoms with Gasteiger partial charge in [0, 0.05) is 19.5 Å². The summed E-state index contributed by atoms with van der Waals surface area (Å²) in [5, 5.41) is 10.7. The molecule has 0 fully saturated rings. The van der Waals surface area contributed by atoms with Gasteiger partial charge in [-0.1, -0.05) is 36.5 Å². The Morgan fingerprint density at radius 1 is 1.22 bits per heavy atom. The summed E-state index contributed by atoms with van der Waals surface area (Å²) in [5.41, 5.74) is -0.397. The van der Waals surface area contributed by atoms with Crippen molar-refractivity contribution in [3.63, 3.8) is 0 Å². The summed E-state index contributed by atoms with van der Waals surface area (Å²) in [5.74, 6) is 0.407. The quantitative estimate of drug-likeness (QED) is 0.650. The van der Waals surface area contributed by atoms with Crippen molar-refractivity contribution in [2.75, 3.05) is 32.3 Å². The minimum atomic E-state index is -1.22. The maximum Gasteiger partial charge on any atom is 0.412 e. The molecule has 0 aliphatic rings. The van der Waals surface area contributed by atoms with Crippen molar-refractivity contribution < 1.29 is 19.4 Å². The molecule has 2 rings (SSSR count). The van der Waals surface area contributed by atoms with Gasteiger partial charge >= 0.3 is 6.09 Å². The van der Waals surface area contributed by atoms with E-state index in [4.69, 9.17) is 32.7 Å². The van der Waals surface area contributed by atoms with Crippen molar-refractivity contribution >= 4 is 45.9 Å². The van der Waals surface area contributed by atoms with Gasteiger partial charge in [-0.2, -0.15) is 0 Å². The Balaban J connectivity index is 2.87. The number of ether oxygens (including phenoxy) is 2. The zero-order valence-electron chi connectivity index (χ0n) is 15.4. The molecule has 0 unspecified atom stereocenters. The molecule has 0 atom stereocenters. The number of carboxylic acid groups (broad SMARTS) is 1. The highest BCUT2D eigenvalue weighted by Crippen LogP contribution is 2.38. The van der Waals surface area contributed by atoms with Crippen LogP contribution < -0.4 is 15.2 Å². The molecular formula is C18H22Cl2N2O5. The number of carbonyl (C=O) groups is 1. The maximum absolute atomic E-state index is 13.1. The molecule has 9 heteroatoms. The van der Waals surface area contributed by atoms with E-state index in [1.165, 1.54) is 30.9 Å². The predicted molar refractivity (Wildman–Crippen MR) is 107 cm³/mol. The maximum atomic E-state index is 13.1. The second-order valence-electron chi connectivity index (χ2n) is 5.96. The number of amides is 1. The number of halogens is 2. The highest BCUT2D eigenvalue weighted by Gasteiger charge is 2.25. The van der Waals surface area contributed by atoms with Crippen LogP contribution in [0.25, 0.3) is 10.8 Å². The summed E-state index contributed by atoms with van der Waals surface area (Å²) < 4.78 is 12.3. The van der Waals surface area contributed by atoms with Gasteiger partial charge in [0.25, 0.3) is 5.56 Å². The van der Waals surface area contributed by atoms with Crippen LogP contribution in [0.5, 0.6) is 5.75 Å². The average molecular weight is 417 g/mol. The lowest BCUT2D eigenvalue weighted by Gasteiger charge is -2.24. The zero-order valence-corrected chi connectivity index (χ0v) is 16.9. The average Bonchev–Trinajstić information content (AvgIpc) is 2.63. The summed E-state index contributed by atoms with van der Waals surface area (Å²) in [4.78, 5) is 25.7. The third-order valence-electron chi connectivity index (χ3n) is 4.11. The summed E-state index contributed by atoms with van der Waals surface area (Å²) in [7, 11) is 2.86. The second-order valence-corrected chi connectivity index (χ2v) is 6.77. The molecule has 27 heavy (non-hydrogen) atoms. The molecule has 7 nitrogen and oxygen atoms in total. The highest BCUT2D eigenvalue weighted by molar-refractivity contribution is 6.42. The lowest BCUT2D eigenvalue weighted by Crippen LogP contribution is -2.34. The summed E-state index contributed by atoms with van der Waals surface area (Å²) in [6.07, 6.45) is 0.453. The van der Waals surface area contributed by atoms with Gasteiger partial charge < -0.3 is 14.6 Å². The number of rotatable bonds is 8. The number of benzene rings is 1. The van der Waals surface area contributed by atoms with E-state index in [0.717, 1.165) is 17.7 Å².